The number of nitrogens with one attached hydrogen (secondary N) is 3. The monoisotopic (exact) mass is 293 g/mol. The highest BCUT2D eigenvalue weighted by atomic mass is 32.2. The van der Waals surface area contributed by atoms with Gasteiger partial charge in [-0.05, 0) is 19.3 Å². The van der Waals surface area contributed by atoms with Gasteiger partial charge in [-0.2, -0.15) is 0 Å². The Morgan fingerprint density at radius 3 is 2.37 bits per heavy atom. The number of hydrogen-bond donors (Lipinski definition) is 4. The lowest BCUT2D eigenvalue weighted by molar-refractivity contribution is -0.148. The quantitative estimate of drug-likeness (QED) is 0.491. The second-order valence-electron chi connectivity index (χ2n) is 4.44. The minimum absolute atomic E-state index is 0.0726. The molecule has 1 aliphatic carbocycles. The van der Waals surface area contributed by atoms with Crippen LogP contribution in [0, 0.1) is 0 Å². The predicted octanol–water partition coefficient (Wildman–Crippen LogP) is -0.768. The minimum Gasteiger partial charge on any atom is -0.480 e. The van der Waals surface area contributed by atoms with Crippen LogP contribution in [0.1, 0.15) is 26.2 Å². The molecule has 0 saturated heterocycles. The molecule has 2 amide bonds. The van der Waals surface area contributed by atoms with Gasteiger partial charge in [0.15, 0.2) is 0 Å². The maximum Gasteiger partial charge on any atom is 0.329 e. The summed E-state index contributed by atoms with van der Waals surface area (Å²) in [5.74, 6) is -1.30. The predicted molar refractivity (Wildman–Crippen MR) is 68.2 cm³/mol. The number of hydrogen-bond acceptors (Lipinski definition) is 4. The van der Waals surface area contributed by atoms with Crippen molar-refractivity contribution in [3.8, 4) is 0 Å². The maximum atomic E-state index is 11.5. The first-order valence-electron chi connectivity index (χ1n) is 6.08. The fraction of sp³-hybridized carbons (Fsp3) is 0.800. The van der Waals surface area contributed by atoms with Crippen LogP contribution in [0.3, 0.4) is 0 Å². The average Bonchev–Trinajstić information content (AvgIpc) is 2.22. The minimum atomic E-state index is -3.39. The van der Waals surface area contributed by atoms with Gasteiger partial charge >= 0.3 is 12.0 Å². The number of carbonyl (C=O) groups excluding carboxylic acids is 1. The fourth-order valence-electron chi connectivity index (χ4n) is 1.78. The highest BCUT2D eigenvalue weighted by molar-refractivity contribution is 7.89. The fourth-order valence-corrected chi connectivity index (χ4v) is 2.73. The van der Waals surface area contributed by atoms with Crippen LogP contribution in [0.4, 0.5) is 4.79 Å². The van der Waals surface area contributed by atoms with Crippen LogP contribution in [0.5, 0.6) is 0 Å². The van der Waals surface area contributed by atoms with Gasteiger partial charge in [-0.3, -0.25) is 0 Å². The molecule has 110 valence electrons. The molecule has 0 radical (unpaired) electrons. The van der Waals surface area contributed by atoms with E-state index in [0.717, 1.165) is 6.42 Å². The Kier molecular flexibility index (Phi) is 5.12. The molecular formula is C10H19N3O5S. The van der Waals surface area contributed by atoms with Crippen molar-refractivity contribution >= 4 is 22.0 Å². The zero-order chi connectivity index (χ0) is 14.5. The smallest absolute Gasteiger partial charge is 0.329 e. The third-order valence-electron chi connectivity index (χ3n) is 2.99. The molecule has 0 unspecified atom stereocenters. The molecule has 8 nitrogen and oxygen atoms in total. The first-order chi connectivity index (χ1) is 8.81. The van der Waals surface area contributed by atoms with Crippen molar-refractivity contribution in [2.24, 2.45) is 0 Å². The third-order valence-corrected chi connectivity index (χ3v) is 4.46. The van der Waals surface area contributed by atoms with Crippen LogP contribution in [0.25, 0.3) is 0 Å². The van der Waals surface area contributed by atoms with E-state index in [-0.39, 0.29) is 18.8 Å². The van der Waals surface area contributed by atoms with E-state index >= 15 is 0 Å². The Morgan fingerprint density at radius 1 is 1.32 bits per heavy atom. The summed E-state index contributed by atoms with van der Waals surface area (Å²) in [4.78, 5) is 22.5. The van der Waals surface area contributed by atoms with Crippen molar-refractivity contribution in [1.29, 1.82) is 0 Å². The Hall–Kier alpha value is -1.35. The lowest BCUT2D eigenvalue weighted by Crippen LogP contribution is -2.61. The molecule has 0 aliphatic heterocycles. The molecule has 1 fully saturated rings. The van der Waals surface area contributed by atoms with Crippen molar-refractivity contribution in [3.05, 3.63) is 0 Å². The molecule has 0 spiro atoms. The van der Waals surface area contributed by atoms with Crippen LogP contribution < -0.4 is 15.4 Å². The van der Waals surface area contributed by atoms with E-state index in [0.29, 0.717) is 12.8 Å². The summed E-state index contributed by atoms with van der Waals surface area (Å²) in [6, 6.07) is -0.659. The number of carboxylic acid groups (broad SMARTS) is 1. The van der Waals surface area contributed by atoms with E-state index < -0.39 is 27.6 Å². The lowest BCUT2D eigenvalue weighted by atomic mass is 9.77. The third kappa shape index (κ3) is 4.35. The van der Waals surface area contributed by atoms with Gasteiger partial charge in [-0.1, -0.05) is 6.92 Å². The summed E-state index contributed by atoms with van der Waals surface area (Å²) >= 11 is 0. The molecule has 0 aromatic heterocycles. The van der Waals surface area contributed by atoms with Gasteiger partial charge in [0.05, 0.1) is 5.75 Å². The normalized spacial score (nSPS) is 17.3. The SMILES string of the molecule is CCNS(=O)(=O)CCNC(=O)NC1(C(=O)O)CCC1. The van der Waals surface area contributed by atoms with E-state index in [9.17, 15) is 18.0 Å². The summed E-state index contributed by atoms with van der Waals surface area (Å²) in [5.41, 5.74) is -1.19. The van der Waals surface area contributed by atoms with E-state index in [1.54, 1.807) is 6.92 Å². The second-order valence-corrected chi connectivity index (χ2v) is 6.36. The van der Waals surface area contributed by atoms with Crippen LogP contribution >= 0.6 is 0 Å². The van der Waals surface area contributed by atoms with Crippen molar-refractivity contribution in [1.82, 2.24) is 15.4 Å². The molecule has 0 atom stereocenters. The largest absolute Gasteiger partial charge is 0.480 e. The molecule has 1 saturated carbocycles. The number of urea groups is 1. The number of amides is 2. The van der Waals surface area contributed by atoms with Gasteiger partial charge in [0.2, 0.25) is 10.0 Å². The standard InChI is InChI=1S/C10H19N3O5S/c1-2-12-19(17,18)7-6-11-9(16)13-10(8(14)15)4-3-5-10/h12H,2-7H2,1H3,(H,14,15)(H2,11,13,16). The van der Waals surface area contributed by atoms with E-state index in [2.05, 4.69) is 15.4 Å². The molecule has 0 aromatic rings. The zero-order valence-electron chi connectivity index (χ0n) is 10.7. The van der Waals surface area contributed by atoms with Gasteiger partial charge in [-0.25, -0.2) is 22.7 Å². The van der Waals surface area contributed by atoms with Crippen molar-refractivity contribution in [2.75, 3.05) is 18.8 Å². The summed E-state index contributed by atoms with van der Waals surface area (Å²) in [7, 11) is -3.39. The van der Waals surface area contributed by atoms with Crippen molar-refractivity contribution in [2.45, 2.75) is 31.7 Å². The topological polar surface area (TPSA) is 125 Å². The lowest BCUT2D eigenvalue weighted by Gasteiger charge is -2.38. The van der Waals surface area contributed by atoms with Crippen LogP contribution in [0.15, 0.2) is 0 Å². The highest BCUT2D eigenvalue weighted by Crippen LogP contribution is 2.31. The highest BCUT2D eigenvalue weighted by Gasteiger charge is 2.45. The van der Waals surface area contributed by atoms with Gasteiger partial charge in [0.25, 0.3) is 0 Å². The van der Waals surface area contributed by atoms with Crippen molar-refractivity contribution in [3.63, 3.8) is 0 Å². The second kappa shape index (κ2) is 6.20. The Balaban J connectivity index is 2.35. The summed E-state index contributed by atoms with van der Waals surface area (Å²) in [6.07, 6.45) is 1.54. The molecule has 1 aliphatic rings. The number of carbonyl (C=O) groups is 2. The van der Waals surface area contributed by atoms with E-state index in [1.807, 2.05) is 0 Å². The average molecular weight is 293 g/mol. The number of rotatable bonds is 7. The van der Waals surface area contributed by atoms with Gasteiger partial charge in [0.1, 0.15) is 5.54 Å². The molecule has 1 rings (SSSR count). The summed E-state index contributed by atoms with van der Waals surface area (Å²) in [5, 5.41) is 13.7. The first kappa shape index (κ1) is 15.7. The zero-order valence-corrected chi connectivity index (χ0v) is 11.5. The van der Waals surface area contributed by atoms with Crippen molar-refractivity contribution < 1.29 is 23.1 Å². The molecular weight excluding hydrogens is 274 g/mol. The molecule has 0 bridgehead atoms. The first-order valence-corrected chi connectivity index (χ1v) is 7.73. The Bertz CT molecular complexity index is 444. The Labute approximate surface area is 112 Å². The van der Waals surface area contributed by atoms with Crippen LogP contribution in [0.2, 0.25) is 0 Å². The van der Waals surface area contributed by atoms with Gasteiger partial charge in [-0.15, -0.1) is 0 Å². The summed E-state index contributed by atoms with van der Waals surface area (Å²) in [6.45, 7) is 1.87. The number of sulfonamides is 1. The number of aliphatic carboxylic acids is 1. The Morgan fingerprint density at radius 2 is 1.95 bits per heavy atom. The van der Waals surface area contributed by atoms with Gasteiger partial charge < -0.3 is 15.7 Å². The summed E-state index contributed by atoms with van der Waals surface area (Å²) < 4.78 is 24.9. The molecule has 9 heteroatoms. The molecule has 19 heavy (non-hydrogen) atoms. The molecule has 0 aromatic carbocycles. The van der Waals surface area contributed by atoms with E-state index in [4.69, 9.17) is 5.11 Å². The maximum absolute atomic E-state index is 11.5. The number of carboxylic acids is 1. The van der Waals surface area contributed by atoms with Crippen LogP contribution in [-0.2, 0) is 14.8 Å². The van der Waals surface area contributed by atoms with Gasteiger partial charge in [0, 0.05) is 13.1 Å². The molecule has 0 heterocycles. The molecule has 4 N–H and O–H groups in total. The van der Waals surface area contributed by atoms with E-state index in [1.165, 1.54) is 0 Å². The van der Waals surface area contributed by atoms with Crippen LogP contribution in [-0.4, -0.2) is 49.9 Å².